The van der Waals surface area contributed by atoms with E-state index in [9.17, 15) is 0 Å². The molecule has 1 N–H and O–H groups in total. The van der Waals surface area contributed by atoms with Crippen LogP contribution in [-0.4, -0.2) is 48.0 Å². The molecule has 0 fully saturated rings. The molecule has 0 aliphatic carbocycles. The lowest BCUT2D eigenvalue weighted by atomic mass is 10.1. The molecular formula is C20H30N4O. The van der Waals surface area contributed by atoms with E-state index in [0.717, 1.165) is 36.6 Å². The standard InChI is InChI=1S/C20H30N4O/c1-6-12-24-20(17-7-9-19(10-8-17)25-16(2)3)18(14-22-24)15-23(5)13-11-21-4/h6-10,14,16,21H,1,11-13,15H2,2-5H3. The highest BCUT2D eigenvalue weighted by Gasteiger charge is 2.14. The third-order valence-corrected chi connectivity index (χ3v) is 3.90. The van der Waals surface area contributed by atoms with Gasteiger partial charge in [-0.2, -0.15) is 5.10 Å². The van der Waals surface area contributed by atoms with Crippen LogP contribution < -0.4 is 10.1 Å². The zero-order chi connectivity index (χ0) is 18.2. The minimum atomic E-state index is 0.175. The third-order valence-electron chi connectivity index (χ3n) is 3.90. The van der Waals surface area contributed by atoms with Crippen molar-refractivity contribution in [2.45, 2.75) is 33.0 Å². The van der Waals surface area contributed by atoms with Crippen LogP contribution >= 0.6 is 0 Å². The zero-order valence-corrected chi connectivity index (χ0v) is 15.8. The molecule has 0 saturated carbocycles. The number of benzene rings is 1. The van der Waals surface area contributed by atoms with Crippen molar-refractivity contribution in [2.24, 2.45) is 0 Å². The molecule has 5 heteroatoms. The van der Waals surface area contributed by atoms with Gasteiger partial charge in [-0.1, -0.05) is 6.08 Å². The molecule has 0 bridgehead atoms. The quantitative estimate of drug-likeness (QED) is 0.674. The fourth-order valence-electron chi connectivity index (χ4n) is 2.77. The summed E-state index contributed by atoms with van der Waals surface area (Å²) in [5, 5.41) is 7.75. The van der Waals surface area contributed by atoms with Crippen LogP contribution in [0.5, 0.6) is 5.75 Å². The van der Waals surface area contributed by atoms with Gasteiger partial charge in [0.1, 0.15) is 5.75 Å². The second-order valence-electron chi connectivity index (χ2n) is 6.52. The first-order chi connectivity index (χ1) is 12.0. The molecule has 0 aliphatic heterocycles. The maximum absolute atomic E-state index is 5.75. The minimum Gasteiger partial charge on any atom is -0.491 e. The van der Waals surface area contributed by atoms with Gasteiger partial charge in [-0.05, 0) is 52.2 Å². The van der Waals surface area contributed by atoms with Gasteiger partial charge >= 0.3 is 0 Å². The van der Waals surface area contributed by atoms with Crippen LogP contribution in [0.15, 0.2) is 43.1 Å². The number of nitrogens with zero attached hydrogens (tertiary/aromatic N) is 3. The Morgan fingerprint density at radius 3 is 2.64 bits per heavy atom. The van der Waals surface area contributed by atoms with Crippen LogP contribution in [0.25, 0.3) is 11.3 Å². The first-order valence-electron chi connectivity index (χ1n) is 8.81. The number of nitrogens with one attached hydrogen (secondary N) is 1. The summed E-state index contributed by atoms with van der Waals surface area (Å²) in [6.07, 6.45) is 4.02. The number of hydrogen-bond donors (Lipinski definition) is 1. The van der Waals surface area contributed by atoms with E-state index >= 15 is 0 Å². The maximum atomic E-state index is 5.75. The Hall–Kier alpha value is -2.11. The Kier molecular flexibility index (Phi) is 7.22. The summed E-state index contributed by atoms with van der Waals surface area (Å²) in [6.45, 7) is 11.4. The fraction of sp³-hybridized carbons (Fsp3) is 0.450. The van der Waals surface area contributed by atoms with Crippen LogP contribution in [0.4, 0.5) is 0 Å². The van der Waals surface area contributed by atoms with E-state index < -0.39 is 0 Å². The summed E-state index contributed by atoms with van der Waals surface area (Å²) in [5.74, 6) is 0.890. The molecule has 0 aliphatic rings. The molecule has 25 heavy (non-hydrogen) atoms. The van der Waals surface area contributed by atoms with Crippen LogP contribution in [0.1, 0.15) is 19.4 Å². The number of allylic oxidation sites excluding steroid dienone is 1. The topological polar surface area (TPSA) is 42.3 Å². The third kappa shape index (κ3) is 5.44. The van der Waals surface area contributed by atoms with Crippen molar-refractivity contribution in [1.29, 1.82) is 0 Å². The van der Waals surface area contributed by atoms with Gasteiger partial charge in [0.05, 0.1) is 24.5 Å². The average molecular weight is 342 g/mol. The summed E-state index contributed by atoms with van der Waals surface area (Å²) in [5.41, 5.74) is 3.51. The van der Waals surface area contributed by atoms with Crippen molar-refractivity contribution in [3.05, 3.63) is 48.7 Å². The Labute approximate surface area is 151 Å². The van der Waals surface area contributed by atoms with Crippen molar-refractivity contribution in [3.8, 4) is 17.0 Å². The minimum absolute atomic E-state index is 0.175. The first kappa shape index (κ1) is 19.2. The van der Waals surface area contributed by atoms with Gasteiger partial charge in [-0.3, -0.25) is 4.68 Å². The van der Waals surface area contributed by atoms with E-state index in [2.05, 4.69) is 41.1 Å². The van der Waals surface area contributed by atoms with Crippen LogP contribution in [0.3, 0.4) is 0 Å². The summed E-state index contributed by atoms with van der Waals surface area (Å²) >= 11 is 0. The first-order valence-corrected chi connectivity index (χ1v) is 8.81. The van der Waals surface area contributed by atoms with E-state index in [4.69, 9.17) is 4.74 Å². The van der Waals surface area contributed by atoms with Gasteiger partial charge in [0, 0.05) is 30.8 Å². The molecule has 2 aromatic rings. The molecule has 0 amide bonds. The Morgan fingerprint density at radius 2 is 2.04 bits per heavy atom. The summed E-state index contributed by atoms with van der Waals surface area (Å²) in [4.78, 5) is 2.30. The molecule has 0 spiro atoms. The molecular weight excluding hydrogens is 312 g/mol. The van der Waals surface area contributed by atoms with Crippen molar-refractivity contribution < 1.29 is 4.74 Å². The molecule has 1 heterocycles. The Balaban J connectivity index is 2.27. The predicted molar refractivity (Wildman–Crippen MR) is 104 cm³/mol. The van der Waals surface area contributed by atoms with Gasteiger partial charge in [0.25, 0.3) is 0 Å². The molecule has 2 rings (SSSR count). The molecule has 1 aromatic heterocycles. The highest BCUT2D eigenvalue weighted by Crippen LogP contribution is 2.27. The van der Waals surface area contributed by atoms with E-state index in [1.165, 1.54) is 5.56 Å². The largest absolute Gasteiger partial charge is 0.491 e. The van der Waals surface area contributed by atoms with Gasteiger partial charge in [-0.15, -0.1) is 6.58 Å². The van der Waals surface area contributed by atoms with Gasteiger partial charge in [-0.25, -0.2) is 0 Å². The zero-order valence-electron chi connectivity index (χ0n) is 15.8. The highest BCUT2D eigenvalue weighted by atomic mass is 16.5. The van der Waals surface area contributed by atoms with Crippen molar-refractivity contribution in [2.75, 3.05) is 27.2 Å². The predicted octanol–water partition coefficient (Wildman–Crippen LogP) is 3.17. The number of hydrogen-bond acceptors (Lipinski definition) is 4. The maximum Gasteiger partial charge on any atom is 0.119 e. The molecule has 5 nitrogen and oxygen atoms in total. The van der Waals surface area contributed by atoms with Crippen LogP contribution in [-0.2, 0) is 13.1 Å². The summed E-state index contributed by atoms with van der Waals surface area (Å²) < 4.78 is 7.76. The normalized spacial score (nSPS) is 11.3. The van der Waals surface area contributed by atoms with Crippen molar-refractivity contribution in [1.82, 2.24) is 20.0 Å². The summed E-state index contributed by atoms with van der Waals surface area (Å²) in [6, 6.07) is 8.25. The van der Waals surface area contributed by atoms with Gasteiger partial charge in [0.15, 0.2) is 0 Å². The fourth-order valence-corrected chi connectivity index (χ4v) is 2.77. The van der Waals surface area contributed by atoms with E-state index in [1.807, 2.05) is 50.0 Å². The molecule has 0 saturated heterocycles. The smallest absolute Gasteiger partial charge is 0.119 e. The number of rotatable bonds is 10. The Bertz CT molecular complexity index is 661. The highest BCUT2D eigenvalue weighted by molar-refractivity contribution is 5.64. The molecule has 0 radical (unpaired) electrons. The van der Waals surface area contributed by atoms with Gasteiger partial charge < -0.3 is 15.0 Å². The second kappa shape index (κ2) is 9.39. The lowest BCUT2D eigenvalue weighted by molar-refractivity contribution is 0.242. The van der Waals surface area contributed by atoms with Crippen molar-refractivity contribution in [3.63, 3.8) is 0 Å². The van der Waals surface area contributed by atoms with E-state index in [1.54, 1.807) is 0 Å². The Morgan fingerprint density at radius 1 is 1.32 bits per heavy atom. The lowest BCUT2D eigenvalue weighted by Gasteiger charge is -2.17. The molecule has 0 atom stereocenters. The lowest BCUT2D eigenvalue weighted by Crippen LogP contribution is -2.27. The second-order valence-corrected chi connectivity index (χ2v) is 6.52. The SMILES string of the molecule is C=CCn1ncc(CN(C)CCNC)c1-c1ccc(OC(C)C)cc1. The van der Waals surface area contributed by atoms with Gasteiger partial charge in [0.2, 0.25) is 0 Å². The van der Waals surface area contributed by atoms with E-state index in [-0.39, 0.29) is 6.10 Å². The molecule has 0 unspecified atom stereocenters. The van der Waals surface area contributed by atoms with Crippen LogP contribution in [0, 0.1) is 0 Å². The van der Waals surface area contributed by atoms with Crippen molar-refractivity contribution >= 4 is 0 Å². The summed E-state index contributed by atoms with van der Waals surface area (Å²) in [7, 11) is 4.10. The number of ether oxygens (including phenoxy) is 1. The average Bonchev–Trinajstić information content (AvgIpc) is 2.96. The molecule has 1 aromatic carbocycles. The number of likely N-dealkylation sites (N-methyl/N-ethyl adjacent to an activating group) is 2. The number of aromatic nitrogens is 2. The molecule has 136 valence electrons. The van der Waals surface area contributed by atoms with E-state index in [0.29, 0.717) is 6.54 Å². The monoisotopic (exact) mass is 342 g/mol. The van der Waals surface area contributed by atoms with Crippen LogP contribution in [0.2, 0.25) is 0 Å².